The van der Waals surface area contributed by atoms with E-state index in [-0.39, 0.29) is 0 Å². The van der Waals surface area contributed by atoms with Crippen molar-refractivity contribution < 1.29 is 4.74 Å². The van der Waals surface area contributed by atoms with Crippen LogP contribution in [0.25, 0.3) is 0 Å². The molecule has 17 heavy (non-hydrogen) atoms. The Kier molecular flexibility index (Phi) is 3.17. The Balaban J connectivity index is 1.60. The van der Waals surface area contributed by atoms with Crippen LogP contribution in [-0.4, -0.2) is 18.2 Å². The van der Waals surface area contributed by atoms with Crippen LogP contribution < -0.4 is 5.32 Å². The number of hydrogen-bond acceptors (Lipinski definition) is 2. The lowest BCUT2D eigenvalue weighted by Crippen LogP contribution is -2.37. The first kappa shape index (κ1) is 11.2. The van der Waals surface area contributed by atoms with Gasteiger partial charge in [0.1, 0.15) is 0 Å². The van der Waals surface area contributed by atoms with Gasteiger partial charge in [0.25, 0.3) is 0 Å². The molecule has 3 rings (SSSR count). The molecule has 2 heteroatoms. The van der Waals surface area contributed by atoms with E-state index in [1.54, 1.807) is 0 Å². The minimum Gasteiger partial charge on any atom is -0.373 e. The number of rotatable bonds is 4. The van der Waals surface area contributed by atoms with Gasteiger partial charge in [-0.2, -0.15) is 0 Å². The van der Waals surface area contributed by atoms with Crippen molar-refractivity contribution in [3.63, 3.8) is 0 Å². The summed E-state index contributed by atoms with van der Waals surface area (Å²) < 4.78 is 5.87. The maximum absolute atomic E-state index is 5.87. The van der Waals surface area contributed by atoms with Crippen LogP contribution in [0.2, 0.25) is 0 Å². The van der Waals surface area contributed by atoms with Crippen molar-refractivity contribution in [1.29, 1.82) is 0 Å². The van der Waals surface area contributed by atoms with Crippen LogP contribution >= 0.6 is 0 Å². The number of benzene rings is 1. The monoisotopic (exact) mass is 231 g/mol. The summed E-state index contributed by atoms with van der Waals surface area (Å²) in [7, 11) is 0. The third-order valence-corrected chi connectivity index (χ3v) is 4.16. The standard InChI is InChI=1S/C15H21NO/c1-2-11-5-3-4-6-12(11)10-16-14-9-13-7-8-15(14)17-13/h3-6,13-16H,2,7-10H2,1H3. The van der Waals surface area contributed by atoms with E-state index in [2.05, 4.69) is 36.5 Å². The van der Waals surface area contributed by atoms with Gasteiger partial charge in [0, 0.05) is 12.6 Å². The minimum atomic E-state index is 0.480. The number of ether oxygens (including phenoxy) is 1. The van der Waals surface area contributed by atoms with Gasteiger partial charge in [0.05, 0.1) is 12.2 Å². The van der Waals surface area contributed by atoms with Crippen molar-refractivity contribution in [3.8, 4) is 0 Å². The van der Waals surface area contributed by atoms with Crippen molar-refractivity contribution >= 4 is 0 Å². The molecule has 2 aliphatic rings. The molecule has 0 aromatic heterocycles. The molecule has 0 aliphatic carbocycles. The lowest BCUT2D eigenvalue weighted by molar-refractivity contribution is 0.0973. The predicted octanol–water partition coefficient (Wildman–Crippen LogP) is 2.66. The summed E-state index contributed by atoms with van der Waals surface area (Å²) >= 11 is 0. The normalized spacial score (nSPS) is 31.0. The second kappa shape index (κ2) is 4.79. The first-order chi connectivity index (χ1) is 8.36. The van der Waals surface area contributed by atoms with Crippen LogP contribution in [0.15, 0.2) is 24.3 Å². The fourth-order valence-electron chi connectivity index (χ4n) is 3.17. The van der Waals surface area contributed by atoms with Crippen molar-refractivity contribution in [2.75, 3.05) is 0 Å². The molecule has 1 N–H and O–H groups in total. The van der Waals surface area contributed by atoms with Crippen LogP contribution in [0.5, 0.6) is 0 Å². The molecule has 2 bridgehead atoms. The highest BCUT2D eigenvalue weighted by atomic mass is 16.5. The highest BCUT2D eigenvalue weighted by molar-refractivity contribution is 5.27. The van der Waals surface area contributed by atoms with Crippen molar-refractivity contribution in [3.05, 3.63) is 35.4 Å². The van der Waals surface area contributed by atoms with Gasteiger partial charge in [-0.05, 0) is 36.8 Å². The summed E-state index contributed by atoms with van der Waals surface area (Å²) in [6.07, 6.45) is 5.86. The van der Waals surface area contributed by atoms with Gasteiger partial charge in [-0.1, -0.05) is 31.2 Å². The Morgan fingerprint density at radius 1 is 1.24 bits per heavy atom. The van der Waals surface area contributed by atoms with Gasteiger partial charge >= 0.3 is 0 Å². The summed E-state index contributed by atoms with van der Waals surface area (Å²) in [4.78, 5) is 0. The first-order valence-electron chi connectivity index (χ1n) is 6.82. The first-order valence-corrected chi connectivity index (χ1v) is 6.82. The molecule has 2 saturated heterocycles. The van der Waals surface area contributed by atoms with E-state index >= 15 is 0 Å². The van der Waals surface area contributed by atoms with Gasteiger partial charge in [0.2, 0.25) is 0 Å². The molecule has 0 saturated carbocycles. The number of nitrogens with one attached hydrogen (secondary N) is 1. The van der Waals surface area contributed by atoms with E-state index in [1.807, 2.05) is 0 Å². The van der Waals surface area contributed by atoms with Crippen LogP contribution in [-0.2, 0) is 17.7 Å². The number of aryl methyl sites for hydroxylation is 1. The summed E-state index contributed by atoms with van der Waals surface area (Å²) in [6, 6.07) is 9.31. The Labute approximate surface area is 103 Å². The summed E-state index contributed by atoms with van der Waals surface area (Å²) in [5.41, 5.74) is 2.90. The number of hydrogen-bond donors (Lipinski definition) is 1. The largest absolute Gasteiger partial charge is 0.373 e. The highest BCUT2D eigenvalue weighted by Gasteiger charge is 2.40. The van der Waals surface area contributed by atoms with Crippen LogP contribution in [0.3, 0.4) is 0 Å². The van der Waals surface area contributed by atoms with E-state index in [1.165, 1.54) is 30.4 Å². The zero-order chi connectivity index (χ0) is 11.7. The second-order valence-corrected chi connectivity index (χ2v) is 5.22. The fraction of sp³-hybridized carbons (Fsp3) is 0.600. The molecule has 1 aromatic rings. The molecule has 3 atom stereocenters. The third-order valence-electron chi connectivity index (χ3n) is 4.16. The van der Waals surface area contributed by atoms with Crippen LogP contribution in [0, 0.1) is 0 Å². The molecule has 92 valence electrons. The summed E-state index contributed by atoms with van der Waals surface area (Å²) in [5.74, 6) is 0. The van der Waals surface area contributed by atoms with E-state index in [0.717, 1.165) is 13.0 Å². The zero-order valence-electron chi connectivity index (χ0n) is 10.5. The summed E-state index contributed by atoms with van der Waals surface area (Å²) in [5, 5.41) is 3.68. The molecule has 1 aromatic carbocycles. The maximum Gasteiger partial charge on any atom is 0.0733 e. The third kappa shape index (κ3) is 2.24. The van der Waals surface area contributed by atoms with Crippen molar-refractivity contribution in [2.24, 2.45) is 0 Å². The van der Waals surface area contributed by atoms with E-state index < -0.39 is 0 Å². The molecule has 2 heterocycles. The molecule has 2 aliphatic heterocycles. The van der Waals surface area contributed by atoms with E-state index in [0.29, 0.717) is 18.2 Å². The van der Waals surface area contributed by atoms with Crippen molar-refractivity contribution in [1.82, 2.24) is 5.32 Å². The van der Waals surface area contributed by atoms with Gasteiger partial charge < -0.3 is 10.1 Å². The lowest BCUT2D eigenvalue weighted by atomic mass is 9.95. The molecule has 0 amide bonds. The topological polar surface area (TPSA) is 21.3 Å². The molecule has 2 nitrogen and oxygen atoms in total. The Morgan fingerprint density at radius 2 is 2.06 bits per heavy atom. The Bertz CT molecular complexity index is 390. The van der Waals surface area contributed by atoms with Gasteiger partial charge in [-0.25, -0.2) is 0 Å². The zero-order valence-corrected chi connectivity index (χ0v) is 10.5. The Morgan fingerprint density at radius 3 is 2.71 bits per heavy atom. The number of fused-ring (bicyclic) bond motifs is 2. The van der Waals surface area contributed by atoms with Crippen molar-refractivity contribution in [2.45, 2.75) is 57.4 Å². The van der Waals surface area contributed by atoms with Gasteiger partial charge in [-0.15, -0.1) is 0 Å². The minimum absolute atomic E-state index is 0.480. The van der Waals surface area contributed by atoms with Crippen LogP contribution in [0.4, 0.5) is 0 Å². The molecule has 2 fully saturated rings. The predicted molar refractivity (Wildman–Crippen MR) is 69.0 cm³/mol. The van der Waals surface area contributed by atoms with Crippen LogP contribution in [0.1, 0.15) is 37.3 Å². The van der Waals surface area contributed by atoms with E-state index in [9.17, 15) is 0 Å². The average Bonchev–Trinajstić information content (AvgIpc) is 2.98. The SMILES string of the molecule is CCc1ccccc1CNC1CC2CCC1O2. The molecule has 3 unspecified atom stereocenters. The van der Waals surface area contributed by atoms with Gasteiger partial charge in [-0.3, -0.25) is 0 Å². The maximum atomic E-state index is 5.87. The smallest absolute Gasteiger partial charge is 0.0733 e. The highest BCUT2D eigenvalue weighted by Crippen LogP contribution is 2.34. The molecular weight excluding hydrogens is 210 g/mol. The quantitative estimate of drug-likeness (QED) is 0.860. The summed E-state index contributed by atoms with van der Waals surface area (Å²) in [6.45, 7) is 3.21. The Hall–Kier alpha value is -0.860. The molecular formula is C15H21NO. The van der Waals surface area contributed by atoms with Gasteiger partial charge in [0.15, 0.2) is 0 Å². The average molecular weight is 231 g/mol. The van der Waals surface area contributed by atoms with E-state index in [4.69, 9.17) is 4.74 Å². The second-order valence-electron chi connectivity index (χ2n) is 5.22. The molecule has 0 spiro atoms. The molecule has 0 radical (unpaired) electrons. The lowest BCUT2D eigenvalue weighted by Gasteiger charge is -2.20. The fourth-order valence-corrected chi connectivity index (χ4v) is 3.17.